The minimum atomic E-state index is 0.00340. The molecule has 33 heavy (non-hydrogen) atoms. The summed E-state index contributed by atoms with van der Waals surface area (Å²) < 4.78 is 11.6. The number of hydrogen-bond donors (Lipinski definition) is 1. The summed E-state index contributed by atoms with van der Waals surface area (Å²) in [4.78, 5) is 40.8. The number of nitrogens with one attached hydrogen (secondary N) is 1. The van der Waals surface area contributed by atoms with E-state index in [1.165, 1.54) is 0 Å². The number of benzene rings is 1. The smallest absolute Gasteiger partial charge is 0.225 e. The highest BCUT2D eigenvalue weighted by Crippen LogP contribution is 2.27. The van der Waals surface area contributed by atoms with Crippen LogP contribution in [0.5, 0.6) is 5.75 Å². The minimum absolute atomic E-state index is 0.00340. The van der Waals surface area contributed by atoms with Crippen LogP contribution in [-0.4, -0.2) is 72.5 Å². The van der Waals surface area contributed by atoms with Gasteiger partial charge >= 0.3 is 0 Å². The molecule has 1 N–H and O–H groups in total. The summed E-state index contributed by atoms with van der Waals surface area (Å²) in [5.74, 6) is 1.16. The van der Waals surface area contributed by atoms with Crippen molar-refractivity contribution in [1.82, 2.24) is 9.80 Å². The van der Waals surface area contributed by atoms with Gasteiger partial charge in [-0.15, -0.1) is 0 Å². The van der Waals surface area contributed by atoms with Gasteiger partial charge in [-0.2, -0.15) is 0 Å². The first-order valence-electron chi connectivity index (χ1n) is 12.2. The highest BCUT2D eigenvalue weighted by Gasteiger charge is 2.33. The average Bonchev–Trinajstić information content (AvgIpc) is 2.80. The fourth-order valence-corrected chi connectivity index (χ4v) is 5.01. The van der Waals surface area contributed by atoms with Crippen molar-refractivity contribution in [3.63, 3.8) is 0 Å². The van der Waals surface area contributed by atoms with Crippen LogP contribution in [0.3, 0.4) is 0 Å². The Hall–Kier alpha value is -2.61. The van der Waals surface area contributed by atoms with Gasteiger partial charge < -0.3 is 24.6 Å². The number of carbonyl (C=O) groups is 3. The molecule has 0 aromatic heterocycles. The number of piperidine rings is 1. The molecule has 2 saturated heterocycles. The summed E-state index contributed by atoms with van der Waals surface area (Å²) in [6.07, 6.45) is 3.91. The molecule has 1 aromatic carbocycles. The van der Waals surface area contributed by atoms with Crippen molar-refractivity contribution in [2.75, 3.05) is 38.1 Å². The molecular weight excluding hydrogens is 422 g/mol. The fourth-order valence-electron chi connectivity index (χ4n) is 5.01. The second-order valence-electron chi connectivity index (χ2n) is 9.47. The Morgan fingerprint density at radius 1 is 1.09 bits per heavy atom. The van der Waals surface area contributed by atoms with Crippen LogP contribution in [0.25, 0.3) is 0 Å². The van der Waals surface area contributed by atoms with Gasteiger partial charge in [0.2, 0.25) is 17.7 Å². The zero-order valence-electron chi connectivity index (χ0n) is 19.7. The maximum absolute atomic E-state index is 12.9. The SMILES string of the molecule is CC1CN(C(=O)C2CCN(C(=O)CCCOc3ccc4c(c3)CCC(=O)N4)CC2)CC(C)O1. The van der Waals surface area contributed by atoms with Crippen molar-refractivity contribution in [2.24, 2.45) is 5.92 Å². The number of hydrogen-bond acceptors (Lipinski definition) is 5. The van der Waals surface area contributed by atoms with Gasteiger partial charge in [-0.1, -0.05) is 0 Å². The molecule has 0 aliphatic carbocycles. The van der Waals surface area contributed by atoms with Crippen molar-refractivity contribution in [3.8, 4) is 5.75 Å². The number of ether oxygens (including phenoxy) is 2. The zero-order valence-corrected chi connectivity index (χ0v) is 19.7. The van der Waals surface area contributed by atoms with E-state index in [0.29, 0.717) is 52.0 Å². The van der Waals surface area contributed by atoms with Crippen molar-refractivity contribution in [3.05, 3.63) is 23.8 Å². The molecular formula is C25H35N3O5. The van der Waals surface area contributed by atoms with E-state index in [4.69, 9.17) is 9.47 Å². The van der Waals surface area contributed by atoms with Crippen LogP contribution in [0, 0.1) is 5.92 Å². The van der Waals surface area contributed by atoms with Crippen LogP contribution >= 0.6 is 0 Å². The predicted molar refractivity (Wildman–Crippen MR) is 124 cm³/mol. The van der Waals surface area contributed by atoms with Crippen LogP contribution in [0.1, 0.15) is 51.5 Å². The summed E-state index contributed by atoms with van der Waals surface area (Å²) in [6, 6.07) is 5.69. The lowest BCUT2D eigenvalue weighted by atomic mass is 9.94. The number of carbonyl (C=O) groups excluding carboxylic acids is 3. The van der Waals surface area contributed by atoms with Gasteiger partial charge in [0.25, 0.3) is 0 Å². The normalized spacial score (nSPS) is 23.6. The van der Waals surface area contributed by atoms with E-state index in [0.717, 1.165) is 36.3 Å². The lowest BCUT2D eigenvalue weighted by molar-refractivity contribution is -0.150. The van der Waals surface area contributed by atoms with Gasteiger partial charge in [-0.05, 0) is 63.3 Å². The molecule has 2 atom stereocenters. The van der Waals surface area contributed by atoms with Crippen molar-refractivity contribution >= 4 is 23.4 Å². The third-order valence-electron chi connectivity index (χ3n) is 6.70. The van der Waals surface area contributed by atoms with E-state index in [1.54, 1.807) is 0 Å². The van der Waals surface area contributed by atoms with Gasteiger partial charge in [0.05, 0.1) is 18.8 Å². The molecule has 2 fully saturated rings. The lowest BCUT2D eigenvalue weighted by Gasteiger charge is -2.39. The van der Waals surface area contributed by atoms with Gasteiger partial charge in [0.1, 0.15) is 5.75 Å². The highest BCUT2D eigenvalue weighted by atomic mass is 16.5. The van der Waals surface area contributed by atoms with Crippen molar-refractivity contribution < 1.29 is 23.9 Å². The second kappa shape index (κ2) is 10.5. The highest BCUT2D eigenvalue weighted by molar-refractivity contribution is 5.94. The van der Waals surface area contributed by atoms with Crippen LogP contribution in [0.2, 0.25) is 0 Å². The lowest BCUT2D eigenvalue weighted by Crippen LogP contribution is -2.51. The second-order valence-corrected chi connectivity index (χ2v) is 9.47. The molecule has 3 heterocycles. The van der Waals surface area contributed by atoms with Gasteiger partial charge in [0.15, 0.2) is 0 Å². The molecule has 8 nitrogen and oxygen atoms in total. The number of nitrogens with zero attached hydrogens (tertiary/aromatic N) is 2. The first kappa shape index (κ1) is 23.5. The fraction of sp³-hybridized carbons (Fsp3) is 0.640. The van der Waals surface area contributed by atoms with E-state index in [2.05, 4.69) is 5.32 Å². The largest absolute Gasteiger partial charge is 0.494 e. The number of aryl methyl sites for hydroxylation is 1. The van der Waals surface area contributed by atoms with E-state index in [1.807, 2.05) is 41.8 Å². The maximum Gasteiger partial charge on any atom is 0.225 e. The Labute approximate surface area is 195 Å². The molecule has 3 amide bonds. The average molecular weight is 458 g/mol. The number of fused-ring (bicyclic) bond motifs is 1. The van der Waals surface area contributed by atoms with E-state index < -0.39 is 0 Å². The van der Waals surface area contributed by atoms with Gasteiger partial charge in [-0.3, -0.25) is 14.4 Å². The Morgan fingerprint density at radius 3 is 2.55 bits per heavy atom. The molecule has 0 radical (unpaired) electrons. The summed E-state index contributed by atoms with van der Waals surface area (Å²) >= 11 is 0. The third-order valence-corrected chi connectivity index (χ3v) is 6.70. The van der Waals surface area contributed by atoms with Gasteiger partial charge in [-0.25, -0.2) is 0 Å². The molecule has 3 aliphatic rings. The molecule has 4 rings (SSSR count). The Balaban J connectivity index is 1.16. The predicted octanol–water partition coefficient (Wildman–Crippen LogP) is 2.60. The molecule has 0 saturated carbocycles. The first-order valence-corrected chi connectivity index (χ1v) is 12.2. The topological polar surface area (TPSA) is 88.2 Å². The molecule has 180 valence electrons. The Bertz CT molecular complexity index is 871. The summed E-state index contributed by atoms with van der Waals surface area (Å²) in [5.41, 5.74) is 1.94. The number of amides is 3. The van der Waals surface area contributed by atoms with Crippen molar-refractivity contribution in [1.29, 1.82) is 0 Å². The monoisotopic (exact) mass is 457 g/mol. The summed E-state index contributed by atoms with van der Waals surface area (Å²) in [6.45, 7) is 7.07. The molecule has 3 aliphatic heterocycles. The van der Waals surface area contributed by atoms with Crippen molar-refractivity contribution in [2.45, 2.75) is 64.6 Å². The van der Waals surface area contributed by atoms with Crippen LogP contribution < -0.4 is 10.1 Å². The number of morpholine rings is 1. The van der Waals surface area contributed by atoms with Crippen LogP contribution in [0.15, 0.2) is 18.2 Å². The summed E-state index contributed by atoms with van der Waals surface area (Å²) in [7, 11) is 0. The minimum Gasteiger partial charge on any atom is -0.494 e. The molecule has 8 heteroatoms. The van der Waals surface area contributed by atoms with E-state index in [-0.39, 0.29) is 35.8 Å². The van der Waals surface area contributed by atoms with E-state index in [9.17, 15) is 14.4 Å². The Morgan fingerprint density at radius 2 is 1.82 bits per heavy atom. The number of likely N-dealkylation sites (tertiary alicyclic amines) is 1. The first-order chi connectivity index (χ1) is 15.9. The Kier molecular flexibility index (Phi) is 7.53. The third kappa shape index (κ3) is 6.05. The summed E-state index contributed by atoms with van der Waals surface area (Å²) in [5, 5.41) is 2.86. The zero-order chi connectivity index (χ0) is 23.4. The van der Waals surface area contributed by atoms with Crippen LogP contribution in [-0.2, 0) is 25.5 Å². The quantitative estimate of drug-likeness (QED) is 0.664. The van der Waals surface area contributed by atoms with Gasteiger partial charge in [0, 0.05) is 50.6 Å². The molecule has 0 bridgehead atoms. The molecule has 1 aromatic rings. The number of anilines is 1. The standard InChI is InChI=1S/C25H35N3O5/c1-17-15-28(16-18(2)33-17)25(31)19-9-11-27(12-10-19)24(30)4-3-13-32-21-6-7-22-20(14-21)5-8-23(29)26-22/h6-7,14,17-19H,3-5,8-13,15-16H2,1-2H3,(H,26,29). The van der Waals surface area contributed by atoms with Crippen LogP contribution in [0.4, 0.5) is 5.69 Å². The molecule has 0 spiro atoms. The number of rotatable bonds is 6. The molecule has 2 unspecified atom stereocenters. The maximum atomic E-state index is 12.9. The van der Waals surface area contributed by atoms with E-state index >= 15 is 0 Å².